The van der Waals surface area contributed by atoms with Gasteiger partial charge in [0, 0.05) is 13.1 Å². The highest BCUT2D eigenvalue weighted by Gasteiger charge is 2.78. The summed E-state index contributed by atoms with van der Waals surface area (Å²) in [6, 6.07) is 16.7. The largest absolute Gasteiger partial charge is 0.497 e. The van der Waals surface area contributed by atoms with Crippen LogP contribution >= 0.6 is 0 Å². The number of carbonyl (C=O) groups is 4. The molecule has 4 heterocycles. The molecule has 1 N–H and O–H groups in total. The van der Waals surface area contributed by atoms with Crippen molar-refractivity contribution in [3.05, 3.63) is 59.7 Å². The summed E-state index contributed by atoms with van der Waals surface area (Å²) in [6.45, 7) is 29.3. The molecule has 17 heteroatoms. The van der Waals surface area contributed by atoms with Gasteiger partial charge in [0.1, 0.15) is 22.7 Å². The predicted molar refractivity (Wildman–Crippen MR) is 269 cm³/mol. The molecule has 2 aromatic carbocycles. The number of methoxy groups -OCH3 is 4. The molecule has 0 saturated carbocycles. The van der Waals surface area contributed by atoms with Crippen LogP contribution in [0.1, 0.15) is 79.4 Å². The van der Waals surface area contributed by atoms with Crippen molar-refractivity contribution >= 4 is 48.7 Å². The lowest BCUT2D eigenvalue weighted by molar-refractivity contribution is -0.189. The number of ether oxygens (including phenoxy) is 4. The summed E-state index contributed by atoms with van der Waals surface area (Å²) in [5.74, 6) is -1.21. The fourth-order valence-corrected chi connectivity index (χ4v) is 18.0. The van der Waals surface area contributed by atoms with Crippen molar-refractivity contribution in [2.24, 2.45) is 23.7 Å². The molecule has 4 aliphatic rings. The van der Waals surface area contributed by atoms with Gasteiger partial charge in [0.15, 0.2) is 36.0 Å². The van der Waals surface area contributed by atoms with E-state index in [2.05, 4.69) is 67.0 Å². The number of hydrogen-bond acceptors (Lipinski definition) is 12. The second-order valence-corrected chi connectivity index (χ2v) is 35.5. The quantitative estimate of drug-likeness (QED) is 0.134. The molecule has 4 aliphatic heterocycles. The van der Waals surface area contributed by atoms with Crippen molar-refractivity contribution in [3.63, 3.8) is 0 Å². The number of amides is 2. The number of fused-ring (bicyclic) bond motifs is 2. The summed E-state index contributed by atoms with van der Waals surface area (Å²) >= 11 is 0. The Morgan fingerprint density at radius 1 is 0.676 bits per heavy atom. The molecule has 2 amide bonds. The molecule has 0 aliphatic carbocycles. The number of rotatable bonds is 15. The van der Waals surface area contributed by atoms with Gasteiger partial charge in [-0.1, -0.05) is 65.8 Å². The van der Waals surface area contributed by atoms with Crippen molar-refractivity contribution < 1.29 is 56.5 Å². The number of aliphatic hydroxyl groups excluding tert-OH is 1. The third kappa shape index (κ3) is 9.50. The zero-order chi connectivity index (χ0) is 51.2. The maximum atomic E-state index is 14.3. The normalized spacial score (nSPS) is 29.5. The second kappa shape index (κ2) is 20.3. The molecular weight excluding hydrogens is 917 g/mol. The number of nitrogens with zero attached hydrogens (tertiary/aromatic N) is 2. The minimum Gasteiger partial charge on any atom is -0.497 e. The Bertz CT molecular complexity index is 2130. The molecule has 380 valence electrons. The molecule has 2 aromatic rings. The van der Waals surface area contributed by atoms with Gasteiger partial charge in [0.25, 0.3) is 0 Å². The minimum absolute atomic E-state index is 0.0634. The molecule has 0 bridgehead atoms. The highest BCUT2D eigenvalue weighted by Crippen LogP contribution is 2.58. The topological polar surface area (TPSA) is 160 Å². The van der Waals surface area contributed by atoms with Crippen LogP contribution in [0.3, 0.4) is 0 Å². The molecule has 14 nitrogen and oxygen atoms in total. The monoisotopic (exact) mass is 999 g/mol. The second-order valence-electron chi connectivity index (χ2n) is 22.4. The van der Waals surface area contributed by atoms with Gasteiger partial charge >= 0.3 is 11.9 Å². The van der Waals surface area contributed by atoms with E-state index in [-0.39, 0.29) is 36.7 Å². The fraction of sp³-hybridized carbons (Fsp3) is 0.686. The van der Waals surface area contributed by atoms with Crippen LogP contribution in [-0.4, -0.2) is 127 Å². The third-order valence-corrected chi connectivity index (χ3v) is 24.3. The van der Waals surface area contributed by atoms with E-state index in [0.717, 1.165) is 29.0 Å². The van der Waals surface area contributed by atoms with Crippen molar-refractivity contribution in [3.8, 4) is 11.5 Å². The standard InChI is InChI=1S/C28H47NO6Si2.C23H35NO6Si/c1-19(2)24(34-37(10,11)20(3)4)28(26(31)33-7)27(5)23(16-17-36(8,9)35-27)25(30)29(28)18-21-12-14-22(32-6)15-13-21;1-15(2)19(25)23(21(27)29-5)22(3)18(12-13-31(6,7)30-22)20(26)24(23)14-16-8-10-17(28-4)11-9-16/h12-15,19-20,23-24H,16-18H2,1-11H3;8-11,15,18-19,25H,12-14H2,1-7H3/t23-,24-,27-,28-;18-,19-,22-,23-/m00/s1. The molecule has 6 rings (SSSR count). The van der Waals surface area contributed by atoms with Gasteiger partial charge in [0.2, 0.25) is 11.8 Å². The maximum Gasteiger partial charge on any atom is 0.337 e. The molecule has 0 unspecified atom stereocenters. The van der Waals surface area contributed by atoms with Crippen LogP contribution in [0.5, 0.6) is 11.5 Å². The third-order valence-electron chi connectivity index (χ3n) is 15.8. The Kier molecular flexibility index (Phi) is 16.5. The first-order chi connectivity index (χ1) is 31.5. The number of carbonyl (C=O) groups excluding carboxylic acids is 4. The number of aliphatic hydroxyl groups is 1. The van der Waals surface area contributed by atoms with Crippen LogP contribution in [0.15, 0.2) is 48.5 Å². The Morgan fingerprint density at radius 2 is 1.04 bits per heavy atom. The smallest absolute Gasteiger partial charge is 0.337 e. The Morgan fingerprint density at radius 3 is 1.38 bits per heavy atom. The lowest BCUT2D eigenvalue weighted by atomic mass is 9.69. The van der Waals surface area contributed by atoms with Crippen LogP contribution in [-0.2, 0) is 55.0 Å². The molecule has 4 saturated heterocycles. The lowest BCUT2D eigenvalue weighted by Crippen LogP contribution is -2.75. The van der Waals surface area contributed by atoms with Crippen molar-refractivity contribution in [1.82, 2.24) is 9.80 Å². The highest BCUT2D eigenvalue weighted by molar-refractivity contribution is 6.73. The summed E-state index contributed by atoms with van der Waals surface area (Å²) in [7, 11) is -0.664. The maximum absolute atomic E-state index is 14.3. The SMILES string of the molecule is COC(=O)[C@]1([C@@H](O)C(C)C)N(Cc2ccc(OC)cc2)C(=O)[C@@H]2CC[Si](C)(C)O[C@@]21C.COC(=O)[C@]1([C@@H](O[Si](C)(C)C(C)C)C(C)C)N(Cc2ccc(OC)cc2)C(=O)[C@@H]2CC[Si](C)(C)O[C@@]21C. The van der Waals surface area contributed by atoms with E-state index in [9.17, 15) is 24.3 Å². The van der Waals surface area contributed by atoms with Crippen LogP contribution in [0.25, 0.3) is 0 Å². The summed E-state index contributed by atoms with van der Waals surface area (Å²) in [5.41, 5.74) is -3.27. The first-order valence-electron chi connectivity index (χ1n) is 24.3. The van der Waals surface area contributed by atoms with E-state index in [0.29, 0.717) is 24.1 Å². The number of hydrogen-bond donors (Lipinski definition) is 1. The van der Waals surface area contributed by atoms with Gasteiger partial charge in [-0.25, -0.2) is 9.59 Å². The Balaban J connectivity index is 0.000000258. The average Bonchev–Trinajstić information content (AvgIpc) is 3.57. The van der Waals surface area contributed by atoms with Crippen molar-refractivity contribution in [2.45, 2.75) is 173 Å². The summed E-state index contributed by atoms with van der Waals surface area (Å²) < 4.78 is 42.2. The summed E-state index contributed by atoms with van der Waals surface area (Å²) in [6.07, 6.45) is -0.413. The van der Waals surface area contributed by atoms with Crippen LogP contribution in [0.4, 0.5) is 0 Å². The minimum atomic E-state index is -2.27. The van der Waals surface area contributed by atoms with Crippen LogP contribution in [0.2, 0.25) is 56.9 Å². The molecule has 8 atom stereocenters. The van der Waals surface area contributed by atoms with Crippen molar-refractivity contribution in [1.29, 1.82) is 0 Å². The first-order valence-corrected chi connectivity index (χ1v) is 33.5. The first kappa shape index (κ1) is 55.3. The highest BCUT2D eigenvalue weighted by atomic mass is 28.4. The molecule has 0 aromatic heterocycles. The predicted octanol–water partition coefficient (Wildman–Crippen LogP) is 8.57. The van der Waals surface area contributed by atoms with Gasteiger partial charge in [-0.05, 0) is 131 Å². The zero-order valence-electron chi connectivity index (χ0n) is 44.2. The fourth-order valence-electron chi connectivity index (χ4n) is 11.5. The summed E-state index contributed by atoms with van der Waals surface area (Å²) in [5, 5.41) is 11.5. The molecule has 0 spiro atoms. The van der Waals surface area contributed by atoms with E-state index in [1.54, 1.807) is 19.1 Å². The Hall–Kier alpha value is -3.59. The number of benzene rings is 2. The van der Waals surface area contributed by atoms with Crippen LogP contribution < -0.4 is 9.47 Å². The number of likely N-dealkylation sites (tertiary alicyclic amines) is 2. The molecule has 4 fully saturated rings. The molecular formula is C51H82N2O12Si3. The van der Waals surface area contributed by atoms with E-state index in [1.807, 2.05) is 76.2 Å². The van der Waals surface area contributed by atoms with Gasteiger partial charge in [-0.3, -0.25) is 9.59 Å². The number of esters is 2. The van der Waals surface area contributed by atoms with Gasteiger partial charge in [-0.2, -0.15) is 0 Å². The van der Waals surface area contributed by atoms with Crippen molar-refractivity contribution in [2.75, 3.05) is 28.4 Å². The zero-order valence-corrected chi connectivity index (χ0v) is 47.2. The average molecular weight is 999 g/mol. The molecule has 68 heavy (non-hydrogen) atoms. The van der Waals surface area contributed by atoms with E-state index in [1.165, 1.54) is 19.1 Å². The van der Waals surface area contributed by atoms with E-state index >= 15 is 0 Å². The van der Waals surface area contributed by atoms with Gasteiger partial charge < -0.3 is 47.1 Å². The lowest BCUT2D eigenvalue weighted by Gasteiger charge is -2.56. The van der Waals surface area contributed by atoms with Gasteiger partial charge in [-0.15, -0.1) is 0 Å². The Labute approximate surface area is 409 Å². The summed E-state index contributed by atoms with van der Waals surface area (Å²) in [4.78, 5) is 59.2. The van der Waals surface area contributed by atoms with E-state index in [4.69, 9.17) is 32.2 Å². The van der Waals surface area contributed by atoms with Gasteiger partial charge in [0.05, 0.1) is 52.5 Å². The molecule has 0 radical (unpaired) electrons. The van der Waals surface area contributed by atoms with E-state index < -0.39 is 83.2 Å². The van der Waals surface area contributed by atoms with Crippen LogP contribution in [0, 0.1) is 23.7 Å².